The number of non-ortho nitro benzene ring substituents is 2. The van der Waals surface area contributed by atoms with Crippen molar-refractivity contribution in [3.05, 3.63) is 115 Å². The molecule has 0 N–H and O–H groups in total. The Labute approximate surface area is 181 Å². The molecular formula is C24H16N2O6. The van der Waals surface area contributed by atoms with Crippen molar-refractivity contribution in [3.63, 3.8) is 0 Å². The van der Waals surface area contributed by atoms with E-state index in [-0.39, 0.29) is 35.3 Å². The van der Waals surface area contributed by atoms with Crippen LogP contribution < -0.4 is 0 Å². The molecule has 3 aliphatic carbocycles. The maximum absolute atomic E-state index is 12.8. The highest BCUT2D eigenvalue weighted by molar-refractivity contribution is 5.91. The highest BCUT2D eigenvalue weighted by Crippen LogP contribution is 2.85. The fraction of sp³-hybridized carbons (Fsp3) is 0.208. The van der Waals surface area contributed by atoms with Gasteiger partial charge in [0.15, 0.2) is 0 Å². The summed E-state index contributed by atoms with van der Waals surface area (Å²) in [5.74, 6) is -0.162. The number of carbonyl (C=O) groups is 1. The van der Waals surface area contributed by atoms with Gasteiger partial charge in [-0.05, 0) is 22.3 Å². The third kappa shape index (κ3) is 2.29. The molecule has 3 aromatic carbocycles. The summed E-state index contributed by atoms with van der Waals surface area (Å²) in [7, 11) is 0. The molecule has 0 saturated heterocycles. The molecular weight excluding hydrogens is 412 g/mol. The first-order valence-corrected chi connectivity index (χ1v) is 10.2. The van der Waals surface area contributed by atoms with Gasteiger partial charge in [-0.3, -0.25) is 20.2 Å². The molecule has 0 aliphatic heterocycles. The number of fused-ring (bicyclic) bond motifs is 7. The first kappa shape index (κ1) is 18.7. The number of rotatable bonds is 5. The molecule has 1 saturated carbocycles. The summed E-state index contributed by atoms with van der Waals surface area (Å²) in [6.07, 6.45) is 0. The molecule has 0 aromatic heterocycles. The predicted molar refractivity (Wildman–Crippen MR) is 113 cm³/mol. The summed E-state index contributed by atoms with van der Waals surface area (Å²) >= 11 is 0. The molecule has 0 radical (unpaired) electrons. The molecule has 2 unspecified atom stereocenters. The average molecular weight is 428 g/mol. The Morgan fingerprint density at radius 2 is 1.28 bits per heavy atom. The van der Waals surface area contributed by atoms with E-state index in [1.807, 2.05) is 24.3 Å². The van der Waals surface area contributed by atoms with Gasteiger partial charge in [0.1, 0.15) is 0 Å². The second-order valence-electron chi connectivity index (χ2n) is 8.59. The standard InChI is InChI=1S/C24H16N2O6/c27-23(13-9-14(25(28)29)11-15(10-13)26(30)31)32-12-24-20-16-5-1-3-7-18(16)21(24)22(24)19-8-4-2-6-17(19)20/h1-11,20-22H,12H2/t20?,21-,22+,24?. The van der Waals surface area contributed by atoms with Crippen LogP contribution in [0.2, 0.25) is 0 Å². The van der Waals surface area contributed by atoms with Crippen LogP contribution in [0.3, 0.4) is 0 Å². The lowest BCUT2D eigenvalue weighted by molar-refractivity contribution is -0.394. The van der Waals surface area contributed by atoms with Crippen LogP contribution in [-0.2, 0) is 4.74 Å². The van der Waals surface area contributed by atoms with Gasteiger partial charge in [-0.1, -0.05) is 48.5 Å². The molecule has 3 aromatic rings. The second-order valence-corrected chi connectivity index (χ2v) is 8.59. The van der Waals surface area contributed by atoms with Crippen LogP contribution in [0.25, 0.3) is 0 Å². The van der Waals surface area contributed by atoms with Crippen molar-refractivity contribution in [3.8, 4) is 0 Å². The first-order chi connectivity index (χ1) is 15.4. The van der Waals surface area contributed by atoms with Crippen LogP contribution in [0.1, 0.15) is 50.4 Å². The third-order valence-corrected chi connectivity index (χ3v) is 7.22. The van der Waals surface area contributed by atoms with Crippen molar-refractivity contribution in [1.82, 2.24) is 0 Å². The molecule has 0 amide bonds. The summed E-state index contributed by atoms with van der Waals surface area (Å²) < 4.78 is 5.69. The van der Waals surface area contributed by atoms with Crippen molar-refractivity contribution in [2.24, 2.45) is 5.41 Å². The van der Waals surface area contributed by atoms with Gasteiger partial charge in [-0.15, -0.1) is 0 Å². The van der Waals surface area contributed by atoms with Gasteiger partial charge in [-0.2, -0.15) is 0 Å². The highest BCUT2D eigenvalue weighted by atomic mass is 16.6. The third-order valence-electron chi connectivity index (χ3n) is 7.22. The van der Waals surface area contributed by atoms with Gasteiger partial charge in [0.05, 0.1) is 28.1 Å². The first-order valence-electron chi connectivity index (χ1n) is 10.2. The quantitative estimate of drug-likeness (QED) is 0.331. The van der Waals surface area contributed by atoms with Crippen molar-refractivity contribution >= 4 is 17.3 Å². The maximum Gasteiger partial charge on any atom is 0.338 e. The van der Waals surface area contributed by atoms with Crippen molar-refractivity contribution < 1.29 is 19.4 Å². The summed E-state index contributed by atoms with van der Waals surface area (Å²) in [4.78, 5) is 33.6. The Morgan fingerprint density at radius 1 is 0.812 bits per heavy atom. The molecule has 3 aliphatic rings. The number of ether oxygens (including phenoxy) is 1. The SMILES string of the molecule is O=C(OCC12C3c4ccccc4[C@@H]1[C@@H]2c1ccccc13)c1cc([N+](=O)[O-])cc([N+](=O)[O-])c1. The Balaban J connectivity index is 1.33. The summed E-state index contributed by atoms with van der Waals surface area (Å²) in [6, 6.07) is 19.4. The Bertz CT molecular complexity index is 1260. The lowest BCUT2D eigenvalue weighted by Gasteiger charge is -2.21. The average Bonchev–Trinajstić information content (AvgIpc) is 3.29. The molecule has 6 rings (SSSR count). The van der Waals surface area contributed by atoms with E-state index >= 15 is 0 Å². The van der Waals surface area contributed by atoms with E-state index in [9.17, 15) is 25.0 Å². The summed E-state index contributed by atoms with van der Waals surface area (Å²) in [6.45, 7) is 0.145. The van der Waals surface area contributed by atoms with Gasteiger partial charge < -0.3 is 4.74 Å². The predicted octanol–water partition coefficient (Wildman–Crippen LogP) is 4.69. The van der Waals surface area contributed by atoms with Crippen molar-refractivity contribution in [2.75, 3.05) is 6.61 Å². The lowest BCUT2D eigenvalue weighted by Crippen LogP contribution is -2.20. The minimum atomic E-state index is -0.795. The number of benzene rings is 3. The molecule has 158 valence electrons. The van der Waals surface area contributed by atoms with Crippen LogP contribution in [0, 0.1) is 25.6 Å². The van der Waals surface area contributed by atoms with Crippen molar-refractivity contribution in [1.29, 1.82) is 0 Å². The Morgan fingerprint density at radius 3 is 1.75 bits per heavy atom. The van der Waals surface area contributed by atoms with E-state index in [1.54, 1.807) is 0 Å². The minimum absolute atomic E-state index is 0.122. The molecule has 0 heterocycles. The minimum Gasteiger partial charge on any atom is -0.461 e. The van der Waals surface area contributed by atoms with Crippen molar-refractivity contribution in [2.45, 2.75) is 17.8 Å². The van der Waals surface area contributed by atoms with Crippen LogP contribution in [0.15, 0.2) is 66.7 Å². The fourth-order valence-corrected chi connectivity index (χ4v) is 6.08. The van der Waals surface area contributed by atoms with Crippen LogP contribution >= 0.6 is 0 Å². The van der Waals surface area contributed by atoms with E-state index in [1.165, 1.54) is 22.3 Å². The maximum atomic E-state index is 12.8. The number of nitro benzene ring substituents is 2. The smallest absolute Gasteiger partial charge is 0.338 e. The summed E-state index contributed by atoms with van der Waals surface area (Å²) in [5.41, 5.74) is 3.56. The van der Waals surface area contributed by atoms with Gasteiger partial charge in [0.25, 0.3) is 11.4 Å². The van der Waals surface area contributed by atoms with Crippen LogP contribution in [-0.4, -0.2) is 22.4 Å². The van der Waals surface area contributed by atoms with Gasteiger partial charge >= 0.3 is 5.97 Å². The lowest BCUT2D eigenvalue weighted by atomic mass is 9.85. The summed E-state index contributed by atoms with van der Waals surface area (Å²) in [5, 5.41) is 22.3. The zero-order chi connectivity index (χ0) is 22.2. The molecule has 0 bridgehead atoms. The number of nitro groups is 2. The normalized spacial score (nSPS) is 25.4. The number of hydrogen-bond acceptors (Lipinski definition) is 6. The van der Waals surface area contributed by atoms with Gasteiger partial charge in [-0.25, -0.2) is 4.79 Å². The number of esters is 1. The molecule has 32 heavy (non-hydrogen) atoms. The zero-order valence-corrected chi connectivity index (χ0v) is 16.6. The van der Waals surface area contributed by atoms with Gasteiger partial charge in [0, 0.05) is 35.3 Å². The highest BCUT2D eigenvalue weighted by Gasteiger charge is 2.78. The van der Waals surface area contributed by atoms with Gasteiger partial charge in [0.2, 0.25) is 0 Å². The number of hydrogen-bond donors (Lipinski definition) is 0. The molecule has 4 atom stereocenters. The second kappa shape index (κ2) is 6.23. The Kier molecular flexibility index (Phi) is 3.63. The van der Waals surface area contributed by atoms with E-state index in [0.29, 0.717) is 0 Å². The molecule has 8 nitrogen and oxygen atoms in total. The van der Waals surface area contributed by atoms with Crippen LogP contribution in [0.4, 0.5) is 11.4 Å². The molecule has 8 heteroatoms. The van der Waals surface area contributed by atoms with E-state index in [4.69, 9.17) is 4.74 Å². The van der Waals surface area contributed by atoms with E-state index in [0.717, 1.165) is 18.2 Å². The molecule has 0 spiro atoms. The Hall–Kier alpha value is -4.07. The number of nitrogens with zero attached hydrogens (tertiary/aromatic N) is 2. The topological polar surface area (TPSA) is 113 Å². The largest absolute Gasteiger partial charge is 0.461 e. The van der Waals surface area contributed by atoms with E-state index < -0.39 is 27.2 Å². The number of carbonyl (C=O) groups excluding carboxylic acids is 1. The molecule has 1 fully saturated rings. The zero-order valence-electron chi connectivity index (χ0n) is 16.6. The fourth-order valence-electron chi connectivity index (χ4n) is 6.08. The van der Waals surface area contributed by atoms with Crippen LogP contribution in [0.5, 0.6) is 0 Å². The monoisotopic (exact) mass is 428 g/mol. The van der Waals surface area contributed by atoms with E-state index in [2.05, 4.69) is 24.3 Å².